The minimum Gasteiger partial charge on any atom is -0.383 e. The fraction of sp³-hybridized carbons (Fsp3) is 0.357. The van der Waals surface area contributed by atoms with E-state index in [2.05, 4.69) is 15.1 Å². The number of aromatic nitrogens is 2. The summed E-state index contributed by atoms with van der Waals surface area (Å²) in [5.74, 6) is -0.545. The van der Waals surface area contributed by atoms with E-state index in [1.165, 1.54) is 35.8 Å². The molecule has 0 unspecified atom stereocenters. The van der Waals surface area contributed by atoms with E-state index in [1.807, 2.05) is 43.3 Å². The van der Waals surface area contributed by atoms with Crippen LogP contribution in [0.5, 0.6) is 0 Å². The topological polar surface area (TPSA) is 78.9 Å². The standard InChI is InChI=1S/C28H32FN5O3/c1-21-8-10-22(11-9-21)25-12-13-26(31-30-25)32-14-5-15-33(17-16-32)27(35)20-34(18-19-37-2)28(36)23-6-3-4-7-24(23)29/h3-4,6-13H,5,14-20H2,1-2H3. The van der Waals surface area contributed by atoms with Crippen LogP contribution in [0.15, 0.2) is 60.7 Å². The number of nitrogens with zero attached hydrogens (tertiary/aromatic N) is 5. The Balaban J connectivity index is 1.38. The summed E-state index contributed by atoms with van der Waals surface area (Å²) in [4.78, 5) is 31.4. The van der Waals surface area contributed by atoms with Gasteiger partial charge in [-0.15, -0.1) is 10.2 Å². The lowest BCUT2D eigenvalue weighted by Gasteiger charge is -2.27. The van der Waals surface area contributed by atoms with Gasteiger partial charge in [0.25, 0.3) is 5.91 Å². The van der Waals surface area contributed by atoms with Gasteiger partial charge in [0, 0.05) is 45.4 Å². The van der Waals surface area contributed by atoms with E-state index in [4.69, 9.17) is 4.74 Å². The molecule has 2 heterocycles. The van der Waals surface area contributed by atoms with Crippen LogP contribution in [0.25, 0.3) is 11.3 Å². The molecule has 1 saturated heterocycles. The molecule has 0 radical (unpaired) electrons. The van der Waals surface area contributed by atoms with Gasteiger partial charge in [-0.3, -0.25) is 9.59 Å². The molecule has 37 heavy (non-hydrogen) atoms. The number of amides is 2. The summed E-state index contributed by atoms with van der Waals surface area (Å²) >= 11 is 0. The zero-order valence-corrected chi connectivity index (χ0v) is 21.3. The molecule has 194 valence electrons. The highest BCUT2D eigenvalue weighted by Crippen LogP contribution is 2.20. The van der Waals surface area contributed by atoms with E-state index >= 15 is 0 Å². The van der Waals surface area contributed by atoms with E-state index in [1.54, 1.807) is 11.0 Å². The van der Waals surface area contributed by atoms with Crippen LogP contribution in [-0.4, -0.2) is 84.8 Å². The fourth-order valence-corrected chi connectivity index (χ4v) is 4.29. The molecular weight excluding hydrogens is 473 g/mol. The molecule has 2 aromatic carbocycles. The van der Waals surface area contributed by atoms with Gasteiger partial charge in [0.05, 0.1) is 17.9 Å². The number of hydrogen-bond donors (Lipinski definition) is 0. The number of methoxy groups -OCH3 is 1. The van der Waals surface area contributed by atoms with Crippen LogP contribution >= 0.6 is 0 Å². The second-order valence-electron chi connectivity index (χ2n) is 9.06. The first-order valence-corrected chi connectivity index (χ1v) is 12.4. The van der Waals surface area contributed by atoms with E-state index in [9.17, 15) is 14.0 Å². The number of ether oxygens (including phenoxy) is 1. The third-order valence-electron chi connectivity index (χ3n) is 6.45. The van der Waals surface area contributed by atoms with Crippen LogP contribution in [0.3, 0.4) is 0 Å². The number of hydrogen-bond acceptors (Lipinski definition) is 6. The van der Waals surface area contributed by atoms with Crippen molar-refractivity contribution in [2.45, 2.75) is 13.3 Å². The molecule has 1 aliphatic heterocycles. The smallest absolute Gasteiger partial charge is 0.257 e. The first-order chi connectivity index (χ1) is 18.0. The molecular formula is C28H32FN5O3. The molecule has 0 aliphatic carbocycles. The maximum absolute atomic E-state index is 14.2. The monoisotopic (exact) mass is 505 g/mol. The normalized spacial score (nSPS) is 13.8. The number of carbonyl (C=O) groups is 2. The predicted molar refractivity (Wildman–Crippen MR) is 140 cm³/mol. The number of benzene rings is 2. The molecule has 4 rings (SSSR count). The lowest BCUT2D eigenvalue weighted by molar-refractivity contribution is -0.131. The van der Waals surface area contributed by atoms with Crippen LogP contribution in [0.1, 0.15) is 22.3 Å². The van der Waals surface area contributed by atoms with Crippen molar-refractivity contribution in [1.29, 1.82) is 0 Å². The lowest BCUT2D eigenvalue weighted by atomic mass is 10.1. The van der Waals surface area contributed by atoms with Crippen molar-refractivity contribution in [1.82, 2.24) is 20.0 Å². The molecule has 9 heteroatoms. The van der Waals surface area contributed by atoms with Crippen molar-refractivity contribution in [3.05, 3.63) is 77.6 Å². The number of carbonyl (C=O) groups excluding carboxylic acids is 2. The lowest BCUT2D eigenvalue weighted by Crippen LogP contribution is -2.45. The van der Waals surface area contributed by atoms with Gasteiger partial charge in [-0.25, -0.2) is 4.39 Å². The molecule has 0 saturated carbocycles. The minimum atomic E-state index is -0.609. The molecule has 0 atom stereocenters. The summed E-state index contributed by atoms with van der Waals surface area (Å²) in [6, 6.07) is 17.9. The van der Waals surface area contributed by atoms with Crippen LogP contribution in [-0.2, 0) is 9.53 Å². The Hall–Kier alpha value is -3.85. The Morgan fingerprint density at radius 3 is 2.46 bits per heavy atom. The third kappa shape index (κ3) is 6.68. The first kappa shape index (κ1) is 26.2. The quantitative estimate of drug-likeness (QED) is 0.467. The van der Waals surface area contributed by atoms with E-state index in [0.717, 1.165) is 30.0 Å². The van der Waals surface area contributed by atoms with Gasteiger partial charge in [0.2, 0.25) is 5.91 Å². The summed E-state index contributed by atoms with van der Waals surface area (Å²) in [5.41, 5.74) is 2.96. The van der Waals surface area contributed by atoms with Gasteiger partial charge in [0.1, 0.15) is 12.4 Å². The average Bonchev–Trinajstić information content (AvgIpc) is 3.18. The highest BCUT2D eigenvalue weighted by atomic mass is 19.1. The van der Waals surface area contributed by atoms with Crippen molar-refractivity contribution < 1.29 is 18.7 Å². The summed E-state index contributed by atoms with van der Waals surface area (Å²) in [6.07, 6.45) is 0.756. The van der Waals surface area contributed by atoms with Crippen LogP contribution in [0.2, 0.25) is 0 Å². The Morgan fingerprint density at radius 1 is 0.973 bits per heavy atom. The van der Waals surface area contributed by atoms with Crippen molar-refractivity contribution in [2.24, 2.45) is 0 Å². The van der Waals surface area contributed by atoms with Gasteiger partial charge in [0.15, 0.2) is 5.82 Å². The van der Waals surface area contributed by atoms with Gasteiger partial charge < -0.3 is 19.4 Å². The Morgan fingerprint density at radius 2 is 1.76 bits per heavy atom. The van der Waals surface area contributed by atoms with E-state index in [0.29, 0.717) is 19.6 Å². The van der Waals surface area contributed by atoms with Crippen LogP contribution < -0.4 is 4.90 Å². The highest BCUT2D eigenvalue weighted by molar-refractivity contribution is 5.96. The Bertz CT molecular complexity index is 1200. The molecule has 1 aromatic heterocycles. The average molecular weight is 506 g/mol. The predicted octanol–water partition coefficient (Wildman–Crippen LogP) is 3.42. The number of halogens is 1. The maximum atomic E-state index is 14.2. The Labute approximate surface area is 216 Å². The fourth-order valence-electron chi connectivity index (χ4n) is 4.29. The summed E-state index contributed by atoms with van der Waals surface area (Å²) in [5, 5.41) is 8.83. The molecule has 8 nitrogen and oxygen atoms in total. The van der Waals surface area contributed by atoms with Gasteiger partial charge in [-0.05, 0) is 37.6 Å². The number of anilines is 1. The summed E-state index contributed by atoms with van der Waals surface area (Å²) < 4.78 is 19.3. The van der Waals surface area contributed by atoms with Crippen LogP contribution in [0, 0.1) is 12.7 Å². The zero-order chi connectivity index (χ0) is 26.2. The molecule has 0 spiro atoms. The molecule has 1 fully saturated rings. The Kier molecular flexibility index (Phi) is 8.79. The third-order valence-corrected chi connectivity index (χ3v) is 6.45. The molecule has 1 aliphatic rings. The zero-order valence-electron chi connectivity index (χ0n) is 21.3. The minimum absolute atomic E-state index is 0.0545. The highest BCUT2D eigenvalue weighted by Gasteiger charge is 2.25. The molecule has 0 bridgehead atoms. The molecule has 0 N–H and O–H groups in total. The van der Waals surface area contributed by atoms with Gasteiger partial charge >= 0.3 is 0 Å². The van der Waals surface area contributed by atoms with Crippen molar-refractivity contribution in [3.8, 4) is 11.3 Å². The summed E-state index contributed by atoms with van der Waals surface area (Å²) in [7, 11) is 1.52. The van der Waals surface area contributed by atoms with Crippen molar-refractivity contribution >= 4 is 17.6 Å². The van der Waals surface area contributed by atoms with E-state index in [-0.39, 0.29) is 31.2 Å². The molecule has 2 amide bonds. The van der Waals surface area contributed by atoms with Crippen LogP contribution in [0.4, 0.5) is 10.2 Å². The van der Waals surface area contributed by atoms with Crippen molar-refractivity contribution in [2.75, 3.05) is 57.9 Å². The number of aryl methyl sites for hydroxylation is 1. The van der Waals surface area contributed by atoms with Gasteiger partial charge in [-0.2, -0.15) is 0 Å². The summed E-state index contributed by atoms with van der Waals surface area (Å²) in [6.45, 7) is 4.75. The maximum Gasteiger partial charge on any atom is 0.257 e. The first-order valence-electron chi connectivity index (χ1n) is 12.4. The number of rotatable bonds is 8. The second-order valence-corrected chi connectivity index (χ2v) is 9.06. The SMILES string of the molecule is COCCN(CC(=O)N1CCCN(c2ccc(-c3ccc(C)cc3)nn2)CC1)C(=O)c1ccccc1F. The largest absolute Gasteiger partial charge is 0.383 e. The van der Waals surface area contributed by atoms with E-state index < -0.39 is 11.7 Å². The van der Waals surface area contributed by atoms with Crippen molar-refractivity contribution in [3.63, 3.8) is 0 Å². The molecule has 3 aromatic rings. The second kappa shape index (κ2) is 12.4. The van der Waals surface area contributed by atoms with Gasteiger partial charge in [-0.1, -0.05) is 42.0 Å².